The first kappa shape index (κ1) is 10.4. The van der Waals surface area contributed by atoms with Crippen LogP contribution in [0.5, 0.6) is 10.9 Å². The summed E-state index contributed by atoms with van der Waals surface area (Å²) in [5, 5.41) is 0.159. The fraction of sp³-hybridized carbons (Fsp3) is 0. The van der Waals surface area contributed by atoms with Crippen molar-refractivity contribution in [3.63, 3.8) is 0 Å². The molecule has 0 aliphatic carbocycles. The molecule has 0 atom stereocenters. The minimum atomic E-state index is -1.05. The lowest BCUT2D eigenvalue weighted by atomic mass is 10.3. The smallest absolute Gasteiger partial charge is 0.298 e. The van der Waals surface area contributed by atoms with Crippen LogP contribution in [0, 0.1) is 11.6 Å². The predicted molar refractivity (Wildman–Crippen MR) is 54.0 cm³/mol. The zero-order chi connectivity index (χ0) is 10.8. The summed E-state index contributed by atoms with van der Waals surface area (Å²) < 4.78 is 35.2. The van der Waals surface area contributed by atoms with E-state index >= 15 is 0 Å². The van der Waals surface area contributed by atoms with Gasteiger partial charge in [-0.05, 0) is 12.1 Å². The van der Waals surface area contributed by atoms with Gasteiger partial charge in [0.15, 0.2) is 11.6 Å². The van der Waals surface area contributed by atoms with Crippen LogP contribution in [0.1, 0.15) is 0 Å². The van der Waals surface area contributed by atoms with E-state index in [2.05, 4.69) is 25.3 Å². The number of halogens is 3. The van der Waals surface area contributed by atoms with Crippen molar-refractivity contribution in [2.24, 2.45) is 0 Å². The maximum absolute atomic E-state index is 13.2. The van der Waals surface area contributed by atoms with E-state index < -0.39 is 11.6 Å². The average molecular weight is 293 g/mol. The van der Waals surface area contributed by atoms with Gasteiger partial charge in [0.05, 0.1) is 0 Å². The lowest BCUT2D eigenvalue weighted by Gasteiger charge is -2.03. The first-order valence-corrected chi connectivity index (χ1v) is 5.32. The zero-order valence-electron chi connectivity index (χ0n) is 7.08. The number of nitrogens with zero attached hydrogens (tertiary/aromatic N) is 2. The van der Waals surface area contributed by atoms with Crippen LogP contribution in [-0.2, 0) is 0 Å². The highest BCUT2D eigenvalue weighted by molar-refractivity contribution is 9.10. The molecule has 0 saturated carbocycles. The number of aromatic nitrogens is 2. The second-order valence-electron chi connectivity index (χ2n) is 2.51. The first-order chi connectivity index (χ1) is 7.16. The van der Waals surface area contributed by atoms with Crippen LogP contribution in [0.3, 0.4) is 0 Å². The monoisotopic (exact) mass is 292 g/mol. The van der Waals surface area contributed by atoms with Crippen molar-refractivity contribution >= 4 is 27.5 Å². The van der Waals surface area contributed by atoms with Gasteiger partial charge in [-0.2, -0.15) is 13.7 Å². The summed E-state index contributed by atoms with van der Waals surface area (Å²) >= 11 is 3.98. The largest absolute Gasteiger partial charge is 0.427 e. The van der Waals surface area contributed by atoms with Crippen molar-refractivity contribution in [3.8, 4) is 10.9 Å². The van der Waals surface area contributed by atoms with Gasteiger partial charge in [-0.3, -0.25) is 0 Å². The average Bonchev–Trinajstić information content (AvgIpc) is 2.66. The quantitative estimate of drug-likeness (QED) is 0.796. The van der Waals surface area contributed by atoms with Gasteiger partial charge in [-0.15, -0.1) is 0 Å². The summed E-state index contributed by atoms with van der Waals surface area (Å²) in [5.74, 6) is -2.25. The molecule has 78 valence electrons. The molecule has 3 nitrogen and oxygen atoms in total. The van der Waals surface area contributed by atoms with E-state index in [0.29, 0.717) is 4.47 Å². The summed E-state index contributed by atoms with van der Waals surface area (Å²) in [6.07, 6.45) is 1.27. The molecule has 0 aliphatic rings. The Kier molecular flexibility index (Phi) is 2.92. The molecular formula is C8H3BrF2N2OS. The highest BCUT2D eigenvalue weighted by Crippen LogP contribution is 2.29. The molecule has 0 N–H and O–H groups in total. The molecule has 2 rings (SSSR count). The van der Waals surface area contributed by atoms with Crippen molar-refractivity contribution < 1.29 is 13.5 Å². The fourth-order valence-electron chi connectivity index (χ4n) is 0.909. The molecule has 2 aromatic rings. The molecule has 0 saturated heterocycles. The highest BCUT2D eigenvalue weighted by atomic mass is 79.9. The third-order valence-corrected chi connectivity index (χ3v) is 2.50. The molecule has 0 fully saturated rings. The molecule has 1 aromatic heterocycles. The van der Waals surface area contributed by atoms with Gasteiger partial charge < -0.3 is 4.74 Å². The van der Waals surface area contributed by atoms with Gasteiger partial charge >= 0.3 is 0 Å². The van der Waals surface area contributed by atoms with E-state index in [0.717, 1.165) is 17.6 Å². The maximum atomic E-state index is 13.2. The summed E-state index contributed by atoms with van der Waals surface area (Å²) in [7, 11) is 0. The molecular weight excluding hydrogens is 290 g/mol. The molecule has 1 heterocycles. The van der Waals surface area contributed by atoms with Gasteiger partial charge in [-0.25, -0.2) is 4.39 Å². The second kappa shape index (κ2) is 4.19. The summed E-state index contributed by atoms with van der Waals surface area (Å²) in [6, 6.07) is 2.34. The SMILES string of the molecule is Fc1cc(Br)cc(Oc2ncns2)c1F. The van der Waals surface area contributed by atoms with Crippen LogP contribution in [0.4, 0.5) is 8.78 Å². The fourth-order valence-corrected chi connectivity index (χ4v) is 1.72. The topological polar surface area (TPSA) is 35.0 Å². The summed E-state index contributed by atoms with van der Waals surface area (Å²) in [5.41, 5.74) is 0. The van der Waals surface area contributed by atoms with E-state index in [1.54, 1.807) is 0 Å². The van der Waals surface area contributed by atoms with E-state index in [1.165, 1.54) is 12.4 Å². The van der Waals surface area contributed by atoms with Crippen LogP contribution in [0.25, 0.3) is 0 Å². The van der Waals surface area contributed by atoms with Crippen LogP contribution >= 0.6 is 27.5 Å². The third-order valence-electron chi connectivity index (χ3n) is 1.50. The van der Waals surface area contributed by atoms with Crippen molar-refractivity contribution in [3.05, 3.63) is 34.6 Å². The van der Waals surface area contributed by atoms with Crippen molar-refractivity contribution in [1.29, 1.82) is 0 Å². The highest BCUT2D eigenvalue weighted by Gasteiger charge is 2.13. The van der Waals surface area contributed by atoms with Crippen LogP contribution in [0.15, 0.2) is 22.9 Å². The van der Waals surface area contributed by atoms with Gasteiger partial charge in [0.2, 0.25) is 5.82 Å². The number of rotatable bonds is 2. The Balaban J connectivity index is 2.36. The molecule has 7 heteroatoms. The van der Waals surface area contributed by atoms with Crippen LogP contribution in [0.2, 0.25) is 0 Å². The van der Waals surface area contributed by atoms with Gasteiger partial charge in [0, 0.05) is 16.0 Å². The normalized spacial score (nSPS) is 10.3. The number of ether oxygens (including phenoxy) is 1. The molecule has 0 spiro atoms. The minimum absolute atomic E-state index is 0.159. The van der Waals surface area contributed by atoms with E-state index in [4.69, 9.17) is 4.74 Å². The van der Waals surface area contributed by atoms with Gasteiger partial charge in [0.1, 0.15) is 6.33 Å². The predicted octanol–water partition coefficient (Wildman–Crippen LogP) is 3.37. The standard InChI is InChI=1S/C8H3BrF2N2OS/c9-4-1-5(10)7(11)6(2-4)14-8-12-3-13-15-8/h1-3H. The molecule has 0 radical (unpaired) electrons. The maximum Gasteiger partial charge on any atom is 0.298 e. The summed E-state index contributed by atoms with van der Waals surface area (Å²) in [4.78, 5) is 3.69. The lowest BCUT2D eigenvalue weighted by Crippen LogP contribution is -1.91. The summed E-state index contributed by atoms with van der Waals surface area (Å²) in [6.45, 7) is 0. The Labute approximate surface area is 96.0 Å². The Morgan fingerprint density at radius 3 is 2.80 bits per heavy atom. The third kappa shape index (κ3) is 2.29. The zero-order valence-corrected chi connectivity index (χ0v) is 9.48. The second-order valence-corrected chi connectivity index (χ2v) is 4.17. The van der Waals surface area contributed by atoms with Gasteiger partial charge in [0.25, 0.3) is 5.19 Å². The molecule has 0 amide bonds. The Morgan fingerprint density at radius 2 is 2.13 bits per heavy atom. The molecule has 0 bridgehead atoms. The number of benzene rings is 1. The van der Waals surface area contributed by atoms with Crippen molar-refractivity contribution in [2.75, 3.05) is 0 Å². The van der Waals surface area contributed by atoms with E-state index in [9.17, 15) is 8.78 Å². The molecule has 15 heavy (non-hydrogen) atoms. The van der Waals surface area contributed by atoms with E-state index in [1.807, 2.05) is 0 Å². The first-order valence-electron chi connectivity index (χ1n) is 3.76. The molecule has 0 unspecified atom stereocenters. The number of hydrogen-bond acceptors (Lipinski definition) is 4. The van der Waals surface area contributed by atoms with Crippen LogP contribution in [-0.4, -0.2) is 9.36 Å². The Bertz CT molecular complexity index is 478. The van der Waals surface area contributed by atoms with Crippen molar-refractivity contribution in [1.82, 2.24) is 9.36 Å². The molecule has 0 aliphatic heterocycles. The van der Waals surface area contributed by atoms with Crippen molar-refractivity contribution in [2.45, 2.75) is 0 Å². The molecule has 1 aromatic carbocycles. The van der Waals surface area contributed by atoms with Crippen LogP contribution < -0.4 is 4.74 Å². The minimum Gasteiger partial charge on any atom is -0.427 e. The Hall–Kier alpha value is -1.08. The lowest BCUT2D eigenvalue weighted by molar-refractivity contribution is 0.413. The Morgan fingerprint density at radius 1 is 1.33 bits per heavy atom. The number of hydrogen-bond donors (Lipinski definition) is 0. The van der Waals surface area contributed by atoms with E-state index in [-0.39, 0.29) is 10.9 Å². The van der Waals surface area contributed by atoms with Gasteiger partial charge in [-0.1, -0.05) is 15.9 Å².